The highest BCUT2D eigenvalue weighted by molar-refractivity contribution is 5.60. The van der Waals surface area contributed by atoms with Crippen molar-refractivity contribution in [2.24, 2.45) is 0 Å². The summed E-state index contributed by atoms with van der Waals surface area (Å²) in [6.07, 6.45) is 1.75. The second-order valence-corrected chi connectivity index (χ2v) is 2.95. The van der Waals surface area contributed by atoms with Crippen LogP contribution in [-0.2, 0) is 0 Å². The van der Waals surface area contributed by atoms with Crippen LogP contribution in [-0.4, -0.2) is 12.1 Å². The lowest BCUT2D eigenvalue weighted by Crippen LogP contribution is -1.86. The Morgan fingerprint density at radius 1 is 1.07 bits per heavy atom. The van der Waals surface area contributed by atoms with E-state index < -0.39 is 0 Å². The molecular weight excluding hydrogens is 174 g/mol. The van der Waals surface area contributed by atoms with E-state index in [4.69, 9.17) is 4.74 Å². The van der Waals surface area contributed by atoms with Gasteiger partial charge in [0, 0.05) is 17.8 Å². The number of hydrogen-bond acceptors (Lipinski definition) is 2. The summed E-state index contributed by atoms with van der Waals surface area (Å²) >= 11 is 0. The molecule has 14 heavy (non-hydrogen) atoms. The van der Waals surface area contributed by atoms with Crippen LogP contribution in [0.2, 0.25) is 0 Å². The van der Waals surface area contributed by atoms with Crippen LogP contribution in [0.4, 0.5) is 0 Å². The molecule has 0 aliphatic heterocycles. The first-order valence-corrected chi connectivity index (χ1v) is 4.45. The lowest BCUT2D eigenvalue weighted by Gasteiger charge is -2.02. The van der Waals surface area contributed by atoms with Gasteiger partial charge in [-0.3, -0.25) is 4.98 Å². The first kappa shape index (κ1) is 8.75. The second-order valence-electron chi connectivity index (χ2n) is 2.95. The number of ether oxygens (including phenoxy) is 1. The summed E-state index contributed by atoms with van der Waals surface area (Å²) in [7, 11) is 1.66. The van der Waals surface area contributed by atoms with Gasteiger partial charge in [0.25, 0.3) is 0 Å². The molecule has 0 radical (unpaired) electrons. The van der Waals surface area contributed by atoms with Crippen LogP contribution in [0.25, 0.3) is 11.3 Å². The van der Waals surface area contributed by atoms with E-state index in [1.807, 2.05) is 42.5 Å². The van der Waals surface area contributed by atoms with Crippen molar-refractivity contribution in [3.8, 4) is 17.0 Å². The van der Waals surface area contributed by atoms with Crippen LogP contribution in [0.3, 0.4) is 0 Å². The monoisotopic (exact) mass is 185 g/mol. The van der Waals surface area contributed by atoms with Crippen molar-refractivity contribution in [1.29, 1.82) is 0 Å². The average Bonchev–Trinajstić information content (AvgIpc) is 2.30. The number of hydrogen-bond donors (Lipinski definition) is 0. The van der Waals surface area contributed by atoms with Crippen molar-refractivity contribution < 1.29 is 4.74 Å². The van der Waals surface area contributed by atoms with Gasteiger partial charge in [0.15, 0.2) is 0 Å². The molecule has 0 unspecified atom stereocenters. The number of rotatable bonds is 2. The molecule has 0 atom stereocenters. The molecule has 1 aromatic carbocycles. The minimum Gasteiger partial charge on any atom is -0.497 e. The largest absolute Gasteiger partial charge is 0.497 e. The molecule has 0 spiro atoms. The van der Waals surface area contributed by atoms with E-state index in [0.717, 1.165) is 17.0 Å². The van der Waals surface area contributed by atoms with Gasteiger partial charge in [-0.1, -0.05) is 30.3 Å². The minimum absolute atomic E-state index is 0.832. The summed E-state index contributed by atoms with van der Waals surface area (Å²) in [6.45, 7) is 0. The standard InChI is InChI=1S/C12H11NO/c1-14-11-7-8-13-12(9-11)10-5-3-2-4-6-10/h2-9H,1H3. The molecule has 0 aliphatic rings. The first-order valence-electron chi connectivity index (χ1n) is 4.45. The third-order valence-electron chi connectivity index (χ3n) is 2.04. The Morgan fingerprint density at radius 3 is 2.57 bits per heavy atom. The maximum absolute atomic E-state index is 5.14. The molecule has 0 saturated heterocycles. The van der Waals surface area contributed by atoms with Gasteiger partial charge in [-0.2, -0.15) is 0 Å². The summed E-state index contributed by atoms with van der Waals surface area (Å²) in [4.78, 5) is 4.28. The Labute approximate surface area is 83.2 Å². The maximum atomic E-state index is 5.14. The lowest BCUT2D eigenvalue weighted by molar-refractivity contribution is 0.414. The molecule has 0 amide bonds. The van der Waals surface area contributed by atoms with E-state index in [1.165, 1.54) is 0 Å². The molecule has 0 aliphatic carbocycles. The van der Waals surface area contributed by atoms with Crippen molar-refractivity contribution in [2.45, 2.75) is 0 Å². The van der Waals surface area contributed by atoms with E-state index in [1.54, 1.807) is 13.3 Å². The van der Waals surface area contributed by atoms with Crippen molar-refractivity contribution in [3.05, 3.63) is 48.7 Å². The van der Waals surface area contributed by atoms with Crippen LogP contribution in [0, 0.1) is 0 Å². The molecule has 2 rings (SSSR count). The molecule has 2 heteroatoms. The normalized spacial score (nSPS) is 9.79. The van der Waals surface area contributed by atoms with Gasteiger partial charge < -0.3 is 4.74 Å². The topological polar surface area (TPSA) is 22.1 Å². The molecule has 0 saturated carbocycles. The van der Waals surface area contributed by atoms with Crippen molar-refractivity contribution in [2.75, 3.05) is 7.11 Å². The molecule has 1 aromatic heterocycles. The van der Waals surface area contributed by atoms with Crippen molar-refractivity contribution in [3.63, 3.8) is 0 Å². The molecular formula is C12H11NO. The van der Waals surface area contributed by atoms with Gasteiger partial charge in [0.05, 0.1) is 12.8 Å². The predicted octanol–water partition coefficient (Wildman–Crippen LogP) is 2.76. The Morgan fingerprint density at radius 2 is 1.86 bits per heavy atom. The zero-order chi connectivity index (χ0) is 9.80. The highest BCUT2D eigenvalue weighted by atomic mass is 16.5. The summed E-state index contributed by atoms with van der Waals surface area (Å²) in [6, 6.07) is 13.8. The molecule has 0 bridgehead atoms. The van der Waals surface area contributed by atoms with Gasteiger partial charge >= 0.3 is 0 Å². The number of benzene rings is 1. The van der Waals surface area contributed by atoms with Crippen LogP contribution in [0.1, 0.15) is 0 Å². The molecule has 0 fully saturated rings. The van der Waals surface area contributed by atoms with E-state index in [2.05, 4.69) is 4.98 Å². The molecule has 1 heterocycles. The van der Waals surface area contributed by atoms with Crippen LogP contribution >= 0.6 is 0 Å². The van der Waals surface area contributed by atoms with Crippen molar-refractivity contribution in [1.82, 2.24) is 4.98 Å². The van der Waals surface area contributed by atoms with E-state index in [0.29, 0.717) is 0 Å². The molecule has 70 valence electrons. The van der Waals surface area contributed by atoms with Gasteiger partial charge in [0.1, 0.15) is 5.75 Å². The van der Waals surface area contributed by atoms with Gasteiger partial charge in [-0.05, 0) is 6.07 Å². The Kier molecular flexibility index (Phi) is 2.45. The van der Waals surface area contributed by atoms with Crippen molar-refractivity contribution >= 4 is 0 Å². The smallest absolute Gasteiger partial charge is 0.122 e. The Balaban J connectivity index is 2.42. The molecule has 2 aromatic rings. The van der Waals surface area contributed by atoms with Crippen LogP contribution in [0.15, 0.2) is 48.7 Å². The minimum atomic E-state index is 0.832. The first-order chi connectivity index (χ1) is 6.90. The van der Waals surface area contributed by atoms with Gasteiger partial charge in [-0.25, -0.2) is 0 Å². The summed E-state index contributed by atoms with van der Waals surface area (Å²) in [5.41, 5.74) is 2.04. The highest BCUT2D eigenvalue weighted by Crippen LogP contribution is 2.20. The highest BCUT2D eigenvalue weighted by Gasteiger charge is 1.98. The van der Waals surface area contributed by atoms with Crippen LogP contribution in [0.5, 0.6) is 5.75 Å². The fourth-order valence-corrected chi connectivity index (χ4v) is 1.30. The van der Waals surface area contributed by atoms with Gasteiger partial charge in [0.2, 0.25) is 0 Å². The molecule has 2 nitrogen and oxygen atoms in total. The fourth-order valence-electron chi connectivity index (χ4n) is 1.30. The second kappa shape index (κ2) is 3.92. The third kappa shape index (κ3) is 1.74. The lowest BCUT2D eigenvalue weighted by atomic mass is 10.1. The predicted molar refractivity (Wildman–Crippen MR) is 56.2 cm³/mol. The van der Waals surface area contributed by atoms with Crippen LogP contribution < -0.4 is 4.74 Å². The number of nitrogens with zero attached hydrogens (tertiary/aromatic N) is 1. The van der Waals surface area contributed by atoms with E-state index in [-0.39, 0.29) is 0 Å². The number of pyridine rings is 1. The molecule has 0 N–H and O–H groups in total. The SMILES string of the molecule is COc1ccnc(-c2ccccc2)c1. The van der Waals surface area contributed by atoms with Gasteiger partial charge in [-0.15, -0.1) is 0 Å². The Hall–Kier alpha value is -1.83. The zero-order valence-electron chi connectivity index (χ0n) is 7.97. The maximum Gasteiger partial charge on any atom is 0.122 e. The average molecular weight is 185 g/mol. The van der Waals surface area contributed by atoms with E-state index >= 15 is 0 Å². The zero-order valence-corrected chi connectivity index (χ0v) is 7.97. The summed E-state index contributed by atoms with van der Waals surface area (Å²) in [5.74, 6) is 0.832. The summed E-state index contributed by atoms with van der Waals surface area (Å²) < 4.78 is 5.14. The number of methoxy groups -OCH3 is 1. The van der Waals surface area contributed by atoms with E-state index in [9.17, 15) is 0 Å². The summed E-state index contributed by atoms with van der Waals surface area (Å²) in [5, 5.41) is 0. The Bertz CT molecular complexity index is 412. The number of aromatic nitrogens is 1. The third-order valence-corrected chi connectivity index (χ3v) is 2.04. The quantitative estimate of drug-likeness (QED) is 0.717. The fraction of sp³-hybridized carbons (Fsp3) is 0.0833.